The van der Waals surface area contributed by atoms with Gasteiger partial charge >= 0.3 is 0 Å². The van der Waals surface area contributed by atoms with Crippen molar-refractivity contribution in [1.82, 2.24) is 25.5 Å². The lowest BCUT2D eigenvalue weighted by atomic mass is 9.95. The molecule has 0 bridgehead atoms. The Kier molecular flexibility index (Phi) is 6.15. The van der Waals surface area contributed by atoms with Gasteiger partial charge in [-0.1, -0.05) is 6.07 Å². The van der Waals surface area contributed by atoms with Crippen LogP contribution in [0.1, 0.15) is 44.0 Å². The molecule has 10 heteroatoms. The lowest BCUT2D eigenvalue weighted by Crippen LogP contribution is -2.28. The van der Waals surface area contributed by atoms with Crippen LogP contribution in [0.2, 0.25) is 0 Å². The van der Waals surface area contributed by atoms with Crippen LogP contribution in [0.3, 0.4) is 0 Å². The van der Waals surface area contributed by atoms with Gasteiger partial charge in [0.15, 0.2) is 0 Å². The largest absolute Gasteiger partial charge is 0.383 e. The number of hydrogen-bond donors (Lipinski definition) is 2. The lowest BCUT2D eigenvalue weighted by Gasteiger charge is -2.13. The summed E-state index contributed by atoms with van der Waals surface area (Å²) in [6.07, 6.45) is 5.39. The number of amides is 2. The summed E-state index contributed by atoms with van der Waals surface area (Å²) in [6.45, 7) is 0.852. The molecule has 0 atom stereocenters. The van der Waals surface area contributed by atoms with Gasteiger partial charge in [-0.05, 0) is 59.9 Å². The predicted octanol–water partition coefficient (Wildman–Crippen LogP) is 2.23. The SMILES string of the molecule is COCCNC(=O)c1c(NC(=O)c2cccc(-n3cnnn3)c2)sc2c1CCCC2. The Morgan fingerprint density at radius 2 is 2.10 bits per heavy atom. The Morgan fingerprint density at radius 1 is 1.23 bits per heavy atom. The fourth-order valence-electron chi connectivity index (χ4n) is 3.49. The third-order valence-electron chi connectivity index (χ3n) is 4.94. The van der Waals surface area contributed by atoms with Crippen molar-refractivity contribution in [2.75, 3.05) is 25.6 Å². The van der Waals surface area contributed by atoms with Crippen molar-refractivity contribution in [3.05, 3.63) is 52.2 Å². The highest BCUT2D eigenvalue weighted by Crippen LogP contribution is 2.38. The number of nitrogens with zero attached hydrogens (tertiary/aromatic N) is 4. The number of fused-ring (bicyclic) bond motifs is 1. The number of rotatable bonds is 7. The van der Waals surface area contributed by atoms with Gasteiger partial charge in [0, 0.05) is 24.1 Å². The zero-order valence-electron chi connectivity index (χ0n) is 16.6. The number of aromatic nitrogens is 4. The number of thiophene rings is 1. The monoisotopic (exact) mass is 426 g/mol. The van der Waals surface area contributed by atoms with E-state index in [9.17, 15) is 9.59 Å². The van der Waals surface area contributed by atoms with E-state index in [0.29, 0.717) is 35.0 Å². The van der Waals surface area contributed by atoms with Gasteiger partial charge in [0.05, 0.1) is 17.9 Å². The van der Waals surface area contributed by atoms with Crippen molar-refractivity contribution >= 4 is 28.2 Å². The molecule has 0 spiro atoms. The minimum atomic E-state index is -0.283. The van der Waals surface area contributed by atoms with Gasteiger partial charge in [-0.2, -0.15) is 0 Å². The number of carbonyl (C=O) groups excluding carboxylic acids is 2. The van der Waals surface area contributed by atoms with E-state index in [0.717, 1.165) is 31.2 Å². The summed E-state index contributed by atoms with van der Waals surface area (Å²) in [6, 6.07) is 7.00. The van der Waals surface area contributed by atoms with Crippen LogP contribution in [-0.2, 0) is 17.6 Å². The minimum Gasteiger partial charge on any atom is -0.383 e. The van der Waals surface area contributed by atoms with Crippen LogP contribution in [0.15, 0.2) is 30.6 Å². The summed E-state index contributed by atoms with van der Waals surface area (Å²) in [5.41, 5.74) is 2.77. The van der Waals surface area contributed by atoms with Gasteiger partial charge in [-0.25, -0.2) is 4.68 Å². The van der Waals surface area contributed by atoms with E-state index in [2.05, 4.69) is 26.2 Å². The van der Waals surface area contributed by atoms with Crippen molar-refractivity contribution in [2.45, 2.75) is 25.7 Å². The molecule has 2 amide bonds. The zero-order chi connectivity index (χ0) is 20.9. The highest BCUT2D eigenvalue weighted by atomic mass is 32.1. The maximum atomic E-state index is 13.0. The molecule has 2 heterocycles. The molecular weight excluding hydrogens is 404 g/mol. The van der Waals surface area contributed by atoms with Gasteiger partial charge < -0.3 is 15.4 Å². The maximum absolute atomic E-state index is 13.0. The summed E-state index contributed by atoms with van der Waals surface area (Å²) in [5.74, 6) is -0.460. The first-order valence-electron chi connectivity index (χ1n) is 9.74. The number of aryl methyl sites for hydroxylation is 1. The summed E-state index contributed by atoms with van der Waals surface area (Å²) in [5, 5.41) is 17.5. The van der Waals surface area contributed by atoms with E-state index < -0.39 is 0 Å². The fraction of sp³-hybridized carbons (Fsp3) is 0.350. The second kappa shape index (κ2) is 9.14. The second-order valence-corrected chi connectivity index (χ2v) is 8.03. The average Bonchev–Trinajstić information content (AvgIpc) is 3.42. The van der Waals surface area contributed by atoms with Crippen LogP contribution in [0.5, 0.6) is 0 Å². The molecule has 0 saturated carbocycles. The molecule has 0 radical (unpaired) electrons. The van der Waals surface area contributed by atoms with Crippen LogP contribution in [0.4, 0.5) is 5.00 Å². The van der Waals surface area contributed by atoms with E-state index in [1.54, 1.807) is 25.3 Å². The van der Waals surface area contributed by atoms with Gasteiger partial charge in [-0.15, -0.1) is 16.4 Å². The normalized spacial score (nSPS) is 13.0. The number of methoxy groups -OCH3 is 1. The number of ether oxygens (including phenoxy) is 1. The highest BCUT2D eigenvalue weighted by molar-refractivity contribution is 7.17. The van der Waals surface area contributed by atoms with Crippen LogP contribution in [0.25, 0.3) is 5.69 Å². The Labute approximate surface area is 177 Å². The van der Waals surface area contributed by atoms with Crippen LogP contribution < -0.4 is 10.6 Å². The van der Waals surface area contributed by atoms with Crippen molar-refractivity contribution in [1.29, 1.82) is 0 Å². The maximum Gasteiger partial charge on any atom is 0.256 e. The first-order chi connectivity index (χ1) is 14.7. The Balaban J connectivity index is 1.59. The molecule has 0 aliphatic heterocycles. The molecule has 30 heavy (non-hydrogen) atoms. The van der Waals surface area contributed by atoms with Gasteiger partial charge in [-0.3, -0.25) is 9.59 Å². The Morgan fingerprint density at radius 3 is 2.90 bits per heavy atom. The molecule has 1 aromatic carbocycles. The van der Waals surface area contributed by atoms with Gasteiger partial charge in [0.2, 0.25) is 0 Å². The third kappa shape index (κ3) is 4.24. The van der Waals surface area contributed by atoms with Crippen molar-refractivity contribution < 1.29 is 14.3 Å². The Hall–Kier alpha value is -3.11. The lowest BCUT2D eigenvalue weighted by molar-refractivity contribution is 0.0937. The standard InChI is InChI=1S/C20H22N6O3S/c1-29-10-9-21-19(28)17-15-7-2-3-8-16(15)30-20(17)23-18(27)13-5-4-6-14(11-13)26-12-22-24-25-26/h4-6,11-12H,2-3,7-10H2,1H3,(H,21,28)(H,23,27). The number of hydrogen-bond acceptors (Lipinski definition) is 7. The van der Waals surface area contributed by atoms with Crippen molar-refractivity contribution in [2.24, 2.45) is 0 Å². The number of tetrazole rings is 1. The third-order valence-corrected chi connectivity index (χ3v) is 6.15. The molecule has 0 saturated heterocycles. The van der Waals surface area contributed by atoms with Gasteiger partial charge in [0.25, 0.3) is 11.8 Å². The zero-order valence-corrected chi connectivity index (χ0v) is 17.4. The summed E-state index contributed by atoms with van der Waals surface area (Å²) >= 11 is 1.49. The Bertz CT molecular complexity index is 1050. The number of anilines is 1. The first kappa shape index (κ1) is 20.2. The summed E-state index contributed by atoms with van der Waals surface area (Å²) in [4.78, 5) is 27.0. The first-order valence-corrected chi connectivity index (χ1v) is 10.6. The van der Waals surface area contributed by atoms with Crippen LogP contribution in [0, 0.1) is 0 Å². The average molecular weight is 427 g/mol. The molecule has 2 N–H and O–H groups in total. The predicted molar refractivity (Wildman–Crippen MR) is 112 cm³/mol. The summed E-state index contributed by atoms with van der Waals surface area (Å²) < 4.78 is 6.50. The smallest absolute Gasteiger partial charge is 0.256 e. The molecule has 1 aliphatic carbocycles. The van der Waals surface area contributed by atoms with E-state index in [4.69, 9.17) is 4.74 Å². The van der Waals surface area contributed by atoms with Crippen molar-refractivity contribution in [3.63, 3.8) is 0 Å². The number of nitrogens with one attached hydrogen (secondary N) is 2. The topological polar surface area (TPSA) is 111 Å². The van der Waals surface area contributed by atoms with E-state index in [1.807, 2.05) is 6.07 Å². The second-order valence-electron chi connectivity index (χ2n) is 6.92. The highest BCUT2D eigenvalue weighted by Gasteiger charge is 2.26. The molecular formula is C20H22N6O3S. The number of benzene rings is 1. The number of carbonyl (C=O) groups is 2. The van der Waals surface area contributed by atoms with Crippen LogP contribution in [-0.4, -0.2) is 52.3 Å². The molecule has 9 nitrogen and oxygen atoms in total. The van der Waals surface area contributed by atoms with E-state index in [-0.39, 0.29) is 11.8 Å². The van der Waals surface area contributed by atoms with Crippen LogP contribution >= 0.6 is 11.3 Å². The fourth-order valence-corrected chi connectivity index (χ4v) is 4.78. The molecule has 0 unspecified atom stereocenters. The van der Waals surface area contributed by atoms with Crippen molar-refractivity contribution in [3.8, 4) is 5.69 Å². The van der Waals surface area contributed by atoms with E-state index in [1.165, 1.54) is 27.2 Å². The van der Waals surface area contributed by atoms with E-state index >= 15 is 0 Å². The molecule has 4 rings (SSSR count). The minimum absolute atomic E-state index is 0.177. The van der Waals surface area contributed by atoms with Gasteiger partial charge in [0.1, 0.15) is 11.3 Å². The molecule has 2 aromatic heterocycles. The summed E-state index contributed by atoms with van der Waals surface area (Å²) in [7, 11) is 1.59. The quantitative estimate of drug-likeness (QED) is 0.561. The molecule has 1 aliphatic rings. The molecule has 3 aromatic rings. The molecule has 156 valence electrons. The molecule has 0 fully saturated rings.